The van der Waals surface area contributed by atoms with Gasteiger partial charge >= 0.3 is 0 Å². The van der Waals surface area contributed by atoms with E-state index in [9.17, 15) is 4.79 Å². The Balaban J connectivity index is 1.93. The first-order chi connectivity index (χ1) is 11.1. The van der Waals surface area contributed by atoms with E-state index in [0.717, 1.165) is 32.7 Å². The number of hydrogen-bond acceptors (Lipinski definition) is 4. The van der Waals surface area contributed by atoms with E-state index in [1.807, 2.05) is 0 Å². The lowest BCUT2D eigenvalue weighted by molar-refractivity contribution is 0.0124. The fourth-order valence-corrected chi connectivity index (χ4v) is 2.86. The molecular weight excluding hydrogens is 290 g/mol. The van der Waals surface area contributed by atoms with Crippen molar-refractivity contribution in [1.82, 2.24) is 10.2 Å². The Morgan fingerprint density at radius 2 is 1.96 bits per heavy atom. The lowest BCUT2D eigenvalue weighted by Gasteiger charge is -2.35. The Bertz CT molecular complexity index is 542. The molecule has 0 aromatic heterocycles. The van der Waals surface area contributed by atoms with Crippen LogP contribution in [0.25, 0.3) is 0 Å². The second kappa shape index (κ2) is 8.66. The molecule has 0 bridgehead atoms. The Kier molecular flexibility index (Phi) is 6.57. The predicted molar refractivity (Wildman–Crippen MR) is 89.1 cm³/mol. The van der Waals surface area contributed by atoms with E-state index in [1.54, 1.807) is 24.3 Å². The van der Waals surface area contributed by atoms with Crippen molar-refractivity contribution >= 4 is 5.91 Å². The minimum absolute atomic E-state index is 0.0866. The van der Waals surface area contributed by atoms with Gasteiger partial charge in [-0.1, -0.05) is 13.8 Å². The number of ether oxygens (including phenoxy) is 1. The fourth-order valence-electron chi connectivity index (χ4n) is 2.86. The highest BCUT2D eigenvalue weighted by Crippen LogP contribution is 2.13. The van der Waals surface area contributed by atoms with Crippen molar-refractivity contribution in [2.45, 2.75) is 26.3 Å². The van der Waals surface area contributed by atoms with Gasteiger partial charge < -0.3 is 10.1 Å². The summed E-state index contributed by atoms with van der Waals surface area (Å²) < 4.78 is 5.42. The Labute approximate surface area is 138 Å². The smallest absolute Gasteiger partial charge is 0.251 e. The zero-order valence-corrected chi connectivity index (χ0v) is 13.9. The van der Waals surface area contributed by atoms with Crippen LogP contribution in [0.5, 0.6) is 0 Å². The van der Waals surface area contributed by atoms with Crippen molar-refractivity contribution in [1.29, 1.82) is 5.26 Å². The van der Waals surface area contributed by atoms with Crippen LogP contribution in [0.1, 0.15) is 36.2 Å². The first-order valence-corrected chi connectivity index (χ1v) is 8.20. The van der Waals surface area contributed by atoms with Gasteiger partial charge in [0.25, 0.3) is 5.91 Å². The first-order valence-electron chi connectivity index (χ1n) is 8.20. The molecule has 0 saturated carbocycles. The van der Waals surface area contributed by atoms with Crippen molar-refractivity contribution in [3.63, 3.8) is 0 Å². The molecule has 0 radical (unpaired) electrons. The molecule has 1 saturated heterocycles. The maximum atomic E-state index is 12.3. The highest BCUT2D eigenvalue weighted by atomic mass is 16.5. The topological polar surface area (TPSA) is 65.4 Å². The summed E-state index contributed by atoms with van der Waals surface area (Å²) in [6.45, 7) is 8.41. The molecule has 1 aliphatic heterocycles. The number of benzene rings is 1. The molecular formula is C18H25N3O2. The van der Waals surface area contributed by atoms with Gasteiger partial charge in [-0.3, -0.25) is 9.69 Å². The third-order valence-corrected chi connectivity index (χ3v) is 4.08. The zero-order chi connectivity index (χ0) is 16.7. The largest absolute Gasteiger partial charge is 0.379 e. The van der Waals surface area contributed by atoms with Crippen LogP contribution in [0.4, 0.5) is 0 Å². The molecule has 1 unspecified atom stereocenters. The van der Waals surface area contributed by atoms with Crippen LogP contribution < -0.4 is 5.32 Å². The number of amides is 1. The van der Waals surface area contributed by atoms with E-state index < -0.39 is 0 Å². The molecule has 1 amide bonds. The number of nitrogens with one attached hydrogen (secondary N) is 1. The normalized spacial score (nSPS) is 16.8. The number of carbonyl (C=O) groups is 1. The van der Waals surface area contributed by atoms with E-state index in [0.29, 0.717) is 29.6 Å². The van der Waals surface area contributed by atoms with Gasteiger partial charge in [0.1, 0.15) is 0 Å². The molecule has 0 aliphatic carbocycles. The number of nitriles is 1. The summed E-state index contributed by atoms with van der Waals surface area (Å²) in [4.78, 5) is 14.7. The summed E-state index contributed by atoms with van der Waals surface area (Å²) >= 11 is 0. The van der Waals surface area contributed by atoms with Crippen LogP contribution in [0, 0.1) is 17.2 Å². The van der Waals surface area contributed by atoms with Gasteiger partial charge in [-0.05, 0) is 36.6 Å². The molecule has 5 heteroatoms. The van der Waals surface area contributed by atoms with E-state index in [2.05, 4.69) is 30.1 Å². The second-order valence-corrected chi connectivity index (χ2v) is 6.33. The van der Waals surface area contributed by atoms with Crippen molar-refractivity contribution in [2.75, 3.05) is 32.8 Å². The average molecular weight is 315 g/mol. The van der Waals surface area contributed by atoms with E-state index in [-0.39, 0.29) is 5.91 Å². The van der Waals surface area contributed by atoms with Crippen molar-refractivity contribution in [3.8, 4) is 6.07 Å². The number of nitrogens with zero attached hydrogens (tertiary/aromatic N) is 2. The summed E-state index contributed by atoms with van der Waals surface area (Å²) in [7, 11) is 0. The summed E-state index contributed by atoms with van der Waals surface area (Å²) in [5.74, 6) is 0.492. The summed E-state index contributed by atoms with van der Waals surface area (Å²) in [6, 6.07) is 9.12. The molecule has 0 spiro atoms. The van der Waals surface area contributed by atoms with Crippen LogP contribution in [0.2, 0.25) is 0 Å². The molecule has 23 heavy (non-hydrogen) atoms. The van der Waals surface area contributed by atoms with Gasteiger partial charge in [0.2, 0.25) is 0 Å². The molecule has 1 aromatic carbocycles. The lowest BCUT2D eigenvalue weighted by Crippen LogP contribution is -2.49. The van der Waals surface area contributed by atoms with Crippen LogP contribution in [0.15, 0.2) is 24.3 Å². The van der Waals surface area contributed by atoms with E-state index in [4.69, 9.17) is 10.00 Å². The van der Waals surface area contributed by atoms with Gasteiger partial charge in [0.15, 0.2) is 0 Å². The van der Waals surface area contributed by atoms with Crippen LogP contribution in [-0.2, 0) is 4.74 Å². The van der Waals surface area contributed by atoms with Crippen molar-refractivity contribution in [2.24, 2.45) is 5.92 Å². The van der Waals surface area contributed by atoms with Gasteiger partial charge in [-0.25, -0.2) is 0 Å². The molecule has 1 heterocycles. The molecule has 5 nitrogen and oxygen atoms in total. The molecule has 124 valence electrons. The van der Waals surface area contributed by atoms with E-state index in [1.165, 1.54) is 0 Å². The highest BCUT2D eigenvalue weighted by molar-refractivity contribution is 5.94. The first kappa shape index (κ1) is 17.5. The quantitative estimate of drug-likeness (QED) is 0.872. The number of carbonyl (C=O) groups excluding carboxylic acids is 1. The number of morpholine rings is 1. The maximum Gasteiger partial charge on any atom is 0.251 e. The zero-order valence-electron chi connectivity index (χ0n) is 13.9. The summed E-state index contributed by atoms with van der Waals surface area (Å²) in [6.07, 6.45) is 1.05. The van der Waals surface area contributed by atoms with Gasteiger partial charge in [0, 0.05) is 31.2 Å². The van der Waals surface area contributed by atoms with Crippen molar-refractivity contribution in [3.05, 3.63) is 35.4 Å². The third kappa shape index (κ3) is 5.34. The lowest BCUT2D eigenvalue weighted by atomic mass is 10.0. The monoisotopic (exact) mass is 315 g/mol. The van der Waals surface area contributed by atoms with Crippen molar-refractivity contribution < 1.29 is 9.53 Å². The van der Waals surface area contributed by atoms with Crippen LogP contribution in [-0.4, -0.2) is 49.7 Å². The third-order valence-electron chi connectivity index (χ3n) is 4.08. The molecule has 1 atom stereocenters. The summed E-state index contributed by atoms with van der Waals surface area (Å²) in [5, 5.41) is 11.8. The molecule has 1 aliphatic rings. The van der Waals surface area contributed by atoms with Gasteiger partial charge in [-0.15, -0.1) is 0 Å². The molecule has 1 aromatic rings. The standard InChI is InChI=1S/C18H25N3O2/c1-14(2)11-17(21-7-9-23-10-8-21)13-20-18(22)16-5-3-15(12-19)4-6-16/h3-6,14,17H,7-11,13H2,1-2H3,(H,20,22). The van der Waals surface area contributed by atoms with E-state index >= 15 is 0 Å². The molecule has 1 fully saturated rings. The highest BCUT2D eigenvalue weighted by Gasteiger charge is 2.22. The van der Waals surface area contributed by atoms with Gasteiger partial charge in [-0.2, -0.15) is 5.26 Å². The minimum atomic E-state index is -0.0866. The summed E-state index contributed by atoms with van der Waals surface area (Å²) in [5.41, 5.74) is 1.15. The number of hydrogen-bond donors (Lipinski definition) is 1. The molecule has 1 N–H and O–H groups in total. The maximum absolute atomic E-state index is 12.3. The Morgan fingerprint density at radius 1 is 1.30 bits per heavy atom. The average Bonchev–Trinajstić information content (AvgIpc) is 2.59. The van der Waals surface area contributed by atoms with Gasteiger partial charge in [0.05, 0.1) is 24.8 Å². The Morgan fingerprint density at radius 3 is 2.52 bits per heavy atom. The SMILES string of the molecule is CC(C)CC(CNC(=O)c1ccc(C#N)cc1)N1CCOCC1. The Hall–Kier alpha value is -1.90. The predicted octanol–water partition coefficient (Wildman–Crippen LogP) is 2.03. The van der Waals surface area contributed by atoms with Crippen LogP contribution >= 0.6 is 0 Å². The minimum Gasteiger partial charge on any atom is -0.379 e. The molecule has 2 rings (SSSR count). The van der Waals surface area contributed by atoms with Crippen LogP contribution in [0.3, 0.4) is 0 Å². The number of rotatable bonds is 6. The second-order valence-electron chi connectivity index (χ2n) is 6.33. The fraction of sp³-hybridized carbons (Fsp3) is 0.556.